The first-order valence-electron chi connectivity index (χ1n) is 5.29. The minimum atomic E-state index is -0.733. The number of hydrogen-bond acceptors (Lipinski definition) is 6. The third-order valence-corrected chi connectivity index (χ3v) is 1.88. The van der Waals surface area contributed by atoms with Gasteiger partial charge in [0.1, 0.15) is 0 Å². The molecule has 1 heterocycles. The Labute approximate surface area is 104 Å². The molecule has 0 spiro atoms. The zero-order valence-electron chi connectivity index (χ0n) is 11.0. The van der Waals surface area contributed by atoms with E-state index in [1.807, 2.05) is 0 Å². The van der Waals surface area contributed by atoms with Crippen LogP contribution in [0.2, 0.25) is 0 Å². The fourth-order valence-electron chi connectivity index (χ4n) is 1.17. The van der Waals surface area contributed by atoms with Gasteiger partial charge in [-0.2, -0.15) is 0 Å². The highest BCUT2D eigenvalue weighted by Gasteiger charge is 2.26. The van der Waals surface area contributed by atoms with Crippen molar-refractivity contribution in [3.8, 4) is 5.95 Å². The SMILES string of the molecule is COC(=O)c1c(C)noc1OC(=O)NC(C)(C)C. The van der Waals surface area contributed by atoms with Crippen LogP contribution in [0, 0.1) is 6.92 Å². The van der Waals surface area contributed by atoms with Gasteiger partial charge in [-0.15, -0.1) is 0 Å². The van der Waals surface area contributed by atoms with Crippen molar-refractivity contribution >= 4 is 12.1 Å². The molecule has 0 atom stereocenters. The highest BCUT2D eigenvalue weighted by Crippen LogP contribution is 2.22. The van der Waals surface area contributed by atoms with Crippen LogP contribution < -0.4 is 10.1 Å². The van der Waals surface area contributed by atoms with Crippen molar-refractivity contribution in [2.45, 2.75) is 33.2 Å². The van der Waals surface area contributed by atoms with Crippen LogP contribution in [-0.2, 0) is 4.74 Å². The quantitative estimate of drug-likeness (QED) is 0.809. The second-order valence-corrected chi connectivity index (χ2v) is 4.69. The molecular formula is C11H16N2O5. The molecule has 7 nitrogen and oxygen atoms in total. The molecule has 1 N–H and O–H groups in total. The Morgan fingerprint density at radius 3 is 2.44 bits per heavy atom. The molecule has 0 aliphatic heterocycles. The summed E-state index contributed by atoms with van der Waals surface area (Å²) in [5.41, 5.74) is -0.167. The Morgan fingerprint density at radius 2 is 1.94 bits per heavy atom. The van der Waals surface area contributed by atoms with Crippen molar-refractivity contribution in [2.24, 2.45) is 0 Å². The van der Waals surface area contributed by atoms with E-state index < -0.39 is 17.6 Å². The van der Waals surface area contributed by atoms with Crippen molar-refractivity contribution < 1.29 is 23.6 Å². The van der Waals surface area contributed by atoms with Gasteiger partial charge in [-0.05, 0) is 27.7 Å². The van der Waals surface area contributed by atoms with Gasteiger partial charge in [0.15, 0.2) is 5.56 Å². The van der Waals surface area contributed by atoms with Crippen LogP contribution in [0.1, 0.15) is 36.8 Å². The minimum Gasteiger partial charge on any atom is -0.465 e. The zero-order valence-corrected chi connectivity index (χ0v) is 11.0. The molecule has 0 saturated carbocycles. The van der Waals surface area contributed by atoms with Crippen LogP contribution in [0.3, 0.4) is 0 Å². The summed E-state index contributed by atoms with van der Waals surface area (Å²) in [4.78, 5) is 23.0. The van der Waals surface area contributed by atoms with E-state index in [2.05, 4.69) is 15.2 Å². The van der Waals surface area contributed by atoms with E-state index in [9.17, 15) is 9.59 Å². The van der Waals surface area contributed by atoms with Crippen molar-refractivity contribution in [1.82, 2.24) is 10.5 Å². The van der Waals surface area contributed by atoms with Crippen LogP contribution in [0.15, 0.2) is 4.52 Å². The van der Waals surface area contributed by atoms with Gasteiger partial charge < -0.3 is 19.3 Å². The molecule has 7 heteroatoms. The number of ether oxygens (including phenoxy) is 2. The second-order valence-electron chi connectivity index (χ2n) is 4.69. The van der Waals surface area contributed by atoms with Crippen LogP contribution in [-0.4, -0.2) is 29.9 Å². The van der Waals surface area contributed by atoms with Gasteiger partial charge in [0.2, 0.25) is 0 Å². The van der Waals surface area contributed by atoms with Crippen molar-refractivity contribution in [3.05, 3.63) is 11.3 Å². The number of hydrogen-bond donors (Lipinski definition) is 1. The number of esters is 1. The standard InChI is InChI=1S/C11H16N2O5/c1-6-7(8(14)16-5)9(18-13-6)17-10(15)12-11(2,3)4/h1-5H3,(H,12,15). The van der Waals surface area contributed by atoms with Crippen molar-refractivity contribution in [2.75, 3.05) is 7.11 Å². The van der Waals surface area contributed by atoms with Crippen molar-refractivity contribution in [3.63, 3.8) is 0 Å². The average Bonchev–Trinajstić information content (AvgIpc) is 2.56. The Morgan fingerprint density at radius 1 is 1.33 bits per heavy atom. The molecule has 0 aliphatic carbocycles. The Hall–Kier alpha value is -2.05. The zero-order chi connectivity index (χ0) is 13.9. The molecular weight excluding hydrogens is 240 g/mol. The van der Waals surface area contributed by atoms with Gasteiger partial charge in [-0.1, -0.05) is 5.16 Å². The highest BCUT2D eigenvalue weighted by molar-refractivity contribution is 5.93. The summed E-state index contributed by atoms with van der Waals surface area (Å²) in [6, 6.07) is 0. The number of nitrogens with one attached hydrogen (secondary N) is 1. The lowest BCUT2D eigenvalue weighted by molar-refractivity contribution is 0.0594. The lowest BCUT2D eigenvalue weighted by atomic mass is 10.1. The average molecular weight is 256 g/mol. The number of aromatic nitrogens is 1. The molecule has 0 bridgehead atoms. The lowest BCUT2D eigenvalue weighted by Crippen LogP contribution is -2.42. The summed E-state index contributed by atoms with van der Waals surface area (Å²) < 4.78 is 14.2. The molecule has 0 radical (unpaired) electrons. The van der Waals surface area contributed by atoms with Crippen LogP contribution in [0.25, 0.3) is 0 Å². The molecule has 0 saturated heterocycles. The molecule has 0 aliphatic rings. The molecule has 0 aromatic carbocycles. The maximum Gasteiger partial charge on any atom is 0.415 e. The summed E-state index contributed by atoms with van der Waals surface area (Å²) in [6.07, 6.45) is -0.733. The van der Waals surface area contributed by atoms with E-state index in [1.54, 1.807) is 27.7 Å². The molecule has 1 amide bonds. The number of aryl methyl sites for hydroxylation is 1. The van der Waals surface area contributed by atoms with Gasteiger partial charge in [0.05, 0.1) is 12.8 Å². The predicted molar refractivity (Wildman–Crippen MR) is 61.5 cm³/mol. The van der Waals surface area contributed by atoms with Gasteiger partial charge in [0.25, 0.3) is 0 Å². The summed E-state index contributed by atoms with van der Waals surface area (Å²) in [7, 11) is 1.22. The Kier molecular flexibility index (Phi) is 3.95. The second kappa shape index (κ2) is 5.07. The fourth-order valence-corrected chi connectivity index (χ4v) is 1.17. The molecule has 0 fully saturated rings. The maximum absolute atomic E-state index is 11.5. The first-order chi connectivity index (χ1) is 8.24. The van der Waals surface area contributed by atoms with Crippen molar-refractivity contribution in [1.29, 1.82) is 0 Å². The number of carbonyl (C=O) groups excluding carboxylic acids is 2. The third-order valence-electron chi connectivity index (χ3n) is 1.88. The first-order valence-corrected chi connectivity index (χ1v) is 5.29. The summed E-state index contributed by atoms with van der Waals surface area (Å²) in [5, 5.41) is 6.11. The molecule has 1 rings (SSSR count). The molecule has 1 aromatic heterocycles. The topological polar surface area (TPSA) is 90.7 Å². The summed E-state index contributed by atoms with van der Waals surface area (Å²) in [6.45, 7) is 6.92. The van der Waals surface area contributed by atoms with Gasteiger partial charge in [0, 0.05) is 5.54 Å². The monoisotopic (exact) mass is 256 g/mol. The number of methoxy groups -OCH3 is 1. The Bertz CT molecular complexity index is 458. The summed E-state index contributed by atoms with van der Waals surface area (Å²) >= 11 is 0. The smallest absolute Gasteiger partial charge is 0.415 e. The van der Waals surface area contributed by atoms with E-state index in [1.165, 1.54) is 7.11 Å². The largest absolute Gasteiger partial charge is 0.465 e. The van der Waals surface area contributed by atoms with Gasteiger partial charge in [-0.3, -0.25) is 0 Å². The van der Waals surface area contributed by atoms with E-state index in [0.717, 1.165) is 0 Å². The van der Waals surface area contributed by atoms with Gasteiger partial charge in [-0.25, -0.2) is 9.59 Å². The molecule has 18 heavy (non-hydrogen) atoms. The lowest BCUT2D eigenvalue weighted by Gasteiger charge is -2.19. The third kappa shape index (κ3) is 3.47. The number of carbonyl (C=O) groups is 2. The van der Waals surface area contributed by atoms with Gasteiger partial charge >= 0.3 is 18.0 Å². The van der Waals surface area contributed by atoms with Crippen LogP contribution in [0.5, 0.6) is 5.95 Å². The van der Waals surface area contributed by atoms with Crippen LogP contribution >= 0.6 is 0 Å². The molecule has 100 valence electrons. The fraction of sp³-hybridized carbons (Fsp3) is 0.545. The minimum absolute atomic E-state index is 0.00144. The van der Waals surface area contributed by atoms with E-state index in [4.69, 9.17) is 9.26 Å². The normalized spacial score (nSPS) is 10.9. The van der Waals surface area contributed by atoms with E-state index in [0.29, 0.717) is 5.69 Å². The number of rotatable bonds is 2. The molecule has 0 unspecified atom stereocenters. The molecule has 1 aromatic rings. The maximum atomic E-state index is 11.5. The summed E-state index contributed by atoms with van der Waals surface area (Å²) in [5.74, 6) is -0.951. The first kappa shape index (κ1) is 14.0. The number of amides is 1. The number of nitrogens with zero attached hydrogens (tertiary/aromatic N) is 1. The van der Waals surface area contributed by atoms with Crippen LogP contribution in [0.4, 0.5) is 4.79 Å². The predicted octanol–water partition coefficient (Wildman–Crippen LogP) is 1.66. The van der Waals surface area contributed by atoms with E-state index >= 15 is 0 Å². The highest BCUT2D eigenvalue weighted by atomic mass is 16.7. The van der Waals surface area contributed by atoms with E-state index in [-0.39, 0.29) is 11.5 Å². The Balaban J connectivity index is 2.86.